The van der Waals surface area contributed by atoms with Gasteiger partial charge in [0.25, 0.3) is 5.91 Å². The summed E-state index contributed by atoms with van der Waals surface area (Å²) in [4.78, 5) is 15.4. The second-order valence-corrected chi connectivity index (χ2v) is 5.83. The molecule has 2 heterocycles. The van der Waals surface area contributed by atoms with Crippen LogP contribution in [0.5, 0.6) is 0 Å². The van der Waals surface area contributed by atoms with E-state index in [9.17, 15) is 4.79 Å². The normalized spacial score (nSPS) is 16.9. The molecule has 18 heavy (non-hydrogen) atoms. The molecule has 0 saturated carbocycles. The van der Waals surface area contributed by atoms with Crippen LogP contribution in [0.25, 0.3) is 10.9 Å². The van der Waals surface area contributed by atoms with Gasteiger partial charge in [0.05, 0.1) is 11.1 Å². The Morgan fingerprint density at radius 3 is 2.94 bits per heavy atom. The van der Waals surface area contributed by atoms with Gasteiger partial charge in [-0.05, 0) is 36.5 Å². The SMILES string of the molecule is O=C(NC1CCSCC1)c1cccc2cc[nH]c12. The Balaban J connectivity index is 1.81. The second kappa shape index (κ2) is 5.06. The standard InChI is InChI=1S/C14H16N2OS/c17-14(16-11-5-8-18-9-6-11)12-3-1-2-10-4-7-15-13(10)12/h1-4,7,11,15H,5-6,8-9H2,(H,16,17). The number of amides is 1. The Labute approximate surface area is 110 Å². The summed E-state index contributed by atoms with van der Waals surface area (Å²) in [5.41, 5.74) is 1.68. The van der Waals surface area contributed by atoms with Crippen molar-refractivity contribution in [3.05, 3.63) is 36.0 Å². The first kappa shape index (κ1) is 11.7. The summed E-state index contributed by atoms with van der Waals surface area (Å²) in [5.74, 6) is 2.34. The van der Waals surface area contributed by atoms with Crippen molar-refractivity contribution in [3.63, 3.8) is 0 Å². The first-order chi connectivity index (χ1) is 8.84. The summed E-state index contributed by atoms with van der Waals surface area (Å²) in [6.45, 7) is 0. The molecular weight excluding hydrogens is 244 g/mol. The van der Waals surface area contributed by atoms with Crippen LogP contribution in [0.1, 0.15) is 23.2 Å². The van der Waals surface area contributed by atoms with E-state index in [2.05, 4.69) is 10.3 Å². The Hall–Kier alpha value is -1.42. The predicted molar refractivity (Wildman–Crippen MR) is 76.1 cm³/mol. The van der Waals surface area contributed by atoms with E-state index < -0.39 is 0 Å². The highest BCUT2D eigenvalue weighted by Crippen LogP contribution is 2.20. The van der Waals surface area contributed by atoms with Crippen LogP contribution in [0.3, 0.4) is 0 Å². The molecule has 4 heteroatoms. The van der Waals surface area contributed by atoms with Crippen molar-refractivity contribution in [1.82, 2.24) is 10.3 Å². The molecule has 0 radical (unpaired) electrons. The monoisotopic (exact) mass is 260 g/mol. The van der Waals surface area contributed by atoms with Crippen LogP contribution in [0.4, 0.5) is 0 Å². The Morgan fingerprint density at radius 1 is 1.28 bits per heavy atom. The van der Waals surface area contributed by atoms with Crippen LogP contribution in [-0.2, 0) is 0 Å². The second-order valence-electron chi connectivity index (χ2n) is 4.61. The van der Waals surface area contributed by atoms with E-state index in [-0.39, 0.29) is 5.91 Å². The largest absolute Gasteiger partial charge is 0.361 e. The summed E-state index contributed by atoms with van der Waals surface area (Å²) in [7, 11) is 0. The molecule has 0 aliphatic carbocycles. The van der Waals surface area contributed by atoms with E-state index >= 15 is 0 Å². The lowest BCUT2D eigenvalue weighted by molar-refractivity contribution is 0.0936. The minimum atomic E-state index is 0.0416. The number of hydrogen-bond donors (Lipinski definition) is 2. The summed E-state index contributed by atoms with van der Waals surface area (Å²) in [5, 5.41) is 4.23. The molecule has 94 valence electrons. The molecule has 3 nitrogen and oxygen atoms in total. The molecule has 1 fully saturated rings. The summed E-state index contributed by atoms with van der Waals surface area (Å²) >= 11 is 1.97. The van der Waals surface area contributed by atoms with Gasteiger partial charge < -0.3 is 10.3 Å². The lowest BCUT2D eigenvalue weighted by Gasteiger charge is -2.22. The maximum absolute atomic E-state index is 12.3. The minimum absolute atomic E-state index is 0.0416. The zero-order valence-corrected chi connectivity index (χ0v) is 10.9. The average Bonchev–Trinajstić information content (AvgIpc) is 2.87. The van der Waals surface area contributed by atoms with Gasteiger partial charge in [0.15, 0.2) is 0 Å². The van der Waals surface area contributed by atoms with E-state index in [1.807, 2.05) is 42.2 Å². The van der Waals surface area contributed by atoms with Crippen molar-refractivity contribution in [2.75, 3.05) is 11.5 Å². The molecule has 3 rings (SSSR count). The lowest BCUT2D eigenvalue weighted by Crippen LogP contribution is -2.37. The van der Waals surface area contributed by atoms with Gasteiger partial charge in [-0.3, -0.25) is 4.79 Å². The number of aromatic nitrogens is 1. The van der Waals surface area contributed by atoms with Crippen LogP contribution in [0.15, 0.2) is 30.5 Å². The molecule has 0 atom stereocenters. The topological polar surface area (TPSA) is 44.9 Å². The summed E-state index contributed by atoms with van der Waals surface area (Å²) < 4.78 is 0. The molecule has 1 saturated heterocycles. The number of carbonyl (C=O) groups is 1. The molecule has 1 aromatic heterocycles. The van der Waals surface area contributed by atoms with Crippen LogP contribution in [0, 0.1) is 0 Å². The minimum Gasteiger partial charge on any atom is -0.361 e. The van der Waals surface area contributed by atoms with Crippen molar-refractivity contribution in [3.8, 4) is 0 Å². The first-order valence-corrected chi connectivity index (χ1v) is 7.45. The number of rotatable bonds is 2. The highest BCUT2D eigenvalue weighted by atomic mass is 32.2. The Bertz CT molecular complexity index is 558. The smallest absolute Gasteiger partial charge is 0.253 e. The highest BCUT2D eigenvalue weighted by Gasteiger charge is 2.18. The number of carbonyl (C=O) groups excluding carboxylic acids is 1. The van der Waals surface area contributed by atoms with Gasteiger partial charge in [-0.25, -0.2) is 0 Å². The molecule has 2 aromatic rings. The van der Waals surface area contributed by atoms with E-state index in [4.69, 9.17) is 0 Å². The Morgan fingerprint density at radius 2 is 2.11 bits per heavy atom. The molecule has 2 N–H and O–H groups in total. The fraction of sp³-hybridized carbons (Fsp3) is 0.357. The number of fused-ring (bicyclic) bond motifs is 1. The van der Waals surface area contributed by atoms with Crippen LogP contribution < -0.4 is 5.32 Å². The van der Waals surface area contributed by atoms with Crippen molar-refractivity contribution < 1.29 is 4.79 Å². The average molecular weight is 260 g/mol. The molecule has 0 spiro atoms. The maximum Gasteiger partial charge on any atom is 0.253 e. The molecule has 0 bridgehead atoms. The quantitative estimate of drug-likeness (QED) is 0.872. The van der Waals surface area contributed by atoms with Gasteiger partial charge in [-0.15, -0.1) is 0 Å². The number of thioether (sulfide) groups is 1. The van der Waals surface area contributed by atoms with Gasteiger partial charge >= 0.3 is 0 Å². The third-order valence-corrected chi connectivity index (χ3v) is 4.44. The van der Waals surface area contributed by atoms with E-state index in [0.29, 0.717) is 6.04 Å². The zero-order valence-electron chi connectivity index (χ0n) is 10.1. The van der Waals surface area contributed by atoms with E-state index in [1.54, 1.807) is 0 Å². The molecule has 1 aliphatic heterocycles. The number of hydrogen-bond acceptors (Lipinski definition) is 2. The van der Waals surface area contributed by atoms with Crippen molar-refractivity contribution in [1.29, 1.82) is 0 Å². The molecule has 0 unspecified atom stereocenters. The zero-order chi connectivity index (χ0) is 12.4. The molecular formula is C14H16N2OS. The highest BCUT2D eigenvalue weighted by molar-refractivity contribution is 7.99. The maximum atomic E-state index is 12.3. The molecule has 1 aromatic carbocycles. The van der Waals surface area contributed by atoms with Crippen molar-refractivity contribution in [2.24, 2.45) is 0 Å². The van der Waals surface area contributed by atoms with Crippen molar-refractivity contribution in [2.45, 2.75) is 18.9 Å². The Kier molecular flexibility index (Phi) is 3.28. The fourth-order valence-corrected chi connectivity index (χ4v) is 3.49. The fourth-order valence-electron chi connectivity index (χ4n) is 2.38. The molecule has 1 amide bonds. The van der Waals surface area contributed by atoms with Gasteiger partial charge in [-0.2, -0.15) is 11.8 Å². The van der Waals surface area contributed by atoms with Gasteiger partial charge in [0.1, 0.15) is 0 Å². The third-order valence-electron chi connectivity index (χ3n) is 3.39. The predicted octanol–water partition coefficient (Wildman–Crippen LogP) is 2.79. The van der Waals surface area contributed by atoms with E-state index in [1.165, 1.54) is 0 Å². The number of para-hydroxylation sites is 1. The van der Waals surface area contributed by atoms with Crippen LogP contribution >= 0.6 is 11.8 Å². The summed E-state index contributed by atoms with van der Waals surface area (Å²) in [6, 6.07) is 8.15. The number of aromatic amines is 1. The van der Waals surface area contributed by atoms with Crippen molar-refractivity contribution >= 4 is 28.6 Å². The summed E-state index contributed by atoms with van der Waals surface area (Å²) in [6.07, 6.45) is 4.03. The number of H-pyrrole nitrogens is 1. The lowest BCUT2D eigenvalue weighted by atomic mass is 10.1. The van der Waals surface area contributed by atoms with Gasteiger partial charge in [0, 0.05) is 17.6 Å². The van der Waals surface area contributed by atoms with Gasteiger partial charge in [-0.1, -0.05) is 12.1 Å². The van der Waals surface area contributed by atoms with Crippen LogP contribution in [0.2, 0.25) is 0 Å². The first-order valence-electron chi connectivity index (χ1n) is 6.29. The van der Waals surface area contributed by atoms with E-state index in [0.717, 1.165) is 40.8 Å². The third kappa shape index (κ3) is 2.25. The van der Waals surface area contributed by atoms with Crippen LogP contribution in [-0.4, -0.2) is 28.4 Å². The molecule has 1 aliphatic rings. The number of benzene rings is 1. The number of nitrogens with one attached hydrogen (secondary N) is 2. The van der Waals surface area contributed by atoms with Gasteiger partial charge in [0.2, 0.25) is 0 Å².